The largest absolute Gasteiger partial charge is 0.350 e. The summed E-state index contributed by atoms with van der Waals surface area (Å²) in [6.45, 7) is 2.19. The molecule has 1 fully saturated rings. The SMILES string of the molecule is CC(Nc1nc2ccc(Br)cn2n1)C1CC1. The fraction of sp³-hybridized carbons (Fsp3) is 0.455. The van der Waals surface area contributed by atoms with Crippen molar-refractivity contribution < 1.29 is 0 Å². The minimum absolute atomic E-state index is 0.473. The molecule has 0 amide bonds. The van der Waals surface area contributed by atoms with Crippen molar-refractivity contribution in [3.63, 3.8) is 0 Å². The van der Waals surface area contributed by atoms with Crippen molar-refractivity contribution in [2.45, 2.75) is 25.8 Å². The maximum absolute atomic E-state index is 4.42. The van der Waals surface area contributed by atoms with Crippen LogP contribution >= 0.6 is 15.9 Å². The van der Waals surface area contributed by atoms with Crippen LogP contribution in [0.3, 0.4) is 0 Å². The van der Waals surface area contributed by atoms with Gasteiger partial charge in [0.2, 0.25) is 5.95 Å². The van der Waals surface area contributed by atoms with Crippen molar-refractivity contribution >= 4 is 27.5 Å². The third-order valence-corrected chi connectivity index (χ3v) is 3.45. The Morgan fingerprint density at radius 2 is 2.31 bits per heavy atom. The van der Waals surface area contributed by atoms with E-state index in [4.69, 9.17) is 0 Å². The van der Waals surface area contributed by atoms with E-state index in [0.29, 0.717) is 6.04 Å². The molecule has 2 aromatic heterocycles. The van der Waals surface area contributed by atoms with Crippen LogP contribution in [0.25, 0.3) is 5.65 Å². The molecule has 0 radical (unpaired) electrons. The Labute approximate surface area is 102 Å². The molecule has 0 bridgehead atoms. The second-order valence-corrected chi connectivity index (χ2v) is 5.27. The third kappa shape index (κ3) is 1.91. The van der Waals surface area contributed by atoms with Gasteiger partial charge in [-0.15, -0.1) is 5.10 Å². The molecule has 16 heavy (non-hydrogen) atoms. The van der Waals surface area contributed by atoms with Crippen LogP contribution < -0.4 is 5.32 Å². The van der Waals surface area contributed by atoms with Crippen LogP contribution in [-0.2, 0) is 0 Å². The number of anilines is 1. The molecule has 0 spiro atoms. The van der Waals surface area contributed by atoms with Crippen molar-refractivity contribution in [3.8, 4) is 0 Å². The molecule has 4 nitrogen and oxygen atoms in total. The lowest BCUT2D eigenvalue weighted by Gasteiger charge is -2.09. The van der Waals surface area contributed by atoms with Gasteiger partial charge in [-0.05, 0) is 53.7 Å². The number of pyridine rings is 1. The van der Waals surface area contributed by atoms with E-state index in [9.17, 15) is 0 Å². The summed E-state index contributed by atoms with van der Waals surface area (Å²) in [6.07, 6.45) is 4.56. The average molecular weight is 281 g/mol. The van der Waals surface area contributed by atoms with Crippen molar-refractivity contribution in [3.05, 3.63) is 22.8 Å². The van der Waals surface area contributed by atoms with Crippen LogP contribution in [0.15, 0.2) is 22.8 Å². The van der Waals surface area contributed by atoms with Gasteiger partial charge in [-0.25, -0.2) is 4.52 Å². The molecular weight excluding hydrogens is 268 g/mol. The zero-order valence-corrected chi connectivity index (χ0v) is 10.6. The number of fused-ring (bicyclic) bond motifs is 1. The fourth-order valence-electron chi connectivity index (χ4n) is 1.84. The van der Waals surface area contributed by atoms with Gasteiger partial charge in [0.1, 0.15) is 0 Å². The van der Waals surface area contributed by atoms with Gasteiger partial charge in [-0.2, -0.15) is 4.98 Å². The lowest BCUT2D eigenvalue weighted by Crippen LogP contribution is -2.18. The highest BCUT2D eigenvalue weighted by atomic mass is 79.9. The number of nitrogens with zero attached hydrogens (tertiary/aromatic N) is 3. The van der Waals surface area contributed by atoms with Gasteiger partial charge in [-0.1, -0.05) is 0 Å². The zero-order chi connectivity index (χ0) is 11.1. The van der Waals surface area contributed by atoms with Gasteiger partial charge in [0.15, 0.2) is 5.65 Å². The quantitative estimate of drug-likeness (QED) is 0.940. The number of aromatic nitrogens is 3. The first-order valence-electron chi connectivity index (χ1n) is 5.51. The van der Waals surface area contributed by atoms with E-state index < -0.39 is 0 Å². The number of rotatable bonds is 3. The summed E-state index contributed by atoms with van der Waals surface area (Å²) in [7, 11) is 0. The van der Waals surface area contributed by atoms with Crippen LogP contribution in [0.2, 0.25) is 0 Å². The van der Waals surface area contributed by atoms with E-state index in [1.54, 1.807) is 4.52 Å². The molecule has 1 saturated carbocycles. The van der Waals surface area contributed by atoms with Gasteiger partial charge in [0.25, 0.3) is 0 Å². The highest BCUT2D eigenvalue weighted by Gasteiger charge is 2.28. The summed E-state index contributed by atoms with van der Waals surface area (Å²) >= 11 is 3.42. The van der Waals surface area contributed by atoms with Crippen LogP contribution in [0.4, 0.5) is 5.95 Å². The first-order chi connectivity index (χ1) is 7.72. The van der Waals surface area contributed by atoms with E-state index in [1.807, 2.05) is 18.3 Å². The molecule has 1 aliphatic rings. The molecule has 0 aromatic carbocycles. The maximum Gasteiger partial charge on any atom is 0.243 e. The van der Waals surface area contributed by atoms with Crippen molar-refractivity contribution in [1.29, 1.82) is 0 Å². The minimum Gasteiger partial charge on any atom is -0.350 e. The summed E-state index contributed by atoms with van der Waals surface area (Å²) in [5.41, 5.74) is 0.869. The number of halogens is 1. The van der Waals surface area contributed by atoms with E-state index in [0.717, 1.165) is 22.0 Å². The summed E-state index contributed by atoms with van der Waals surface area (Å²) in [5.74, 6) is 1.52. The zero-order valence-electron chi connectivity index (χ0n) is 9.02. The van der Waals surface area contributed by atoms with Crippen molar-refractivity contribution in [2.75, 3.05) is 5.32 Å². The van der Waals surface area contributed by atoms with Gasteiger partial charge in [0.05, 0.1) is 0 Å². The van der Waals surface area contributed by atoms with Crippen LogP contribution in [0.5, 0.6) is 0 Å². The van der Waals surface area contributed by atoms with Gasteiger partial charge in [0, 0.05) is 16.7 Å². The number of nitrogens with one attached hydrogen (secondary N) is 1. The summed E-state index contributed by atoms with van der Waals surface area (Å²) in [5, 5.41) is 7.74. The maximum atomic E-state index is 4.42. The average Bonchev–Trinajstić information content (AvgIpc) is 3.00. The minimum atomic E-state index is 0.473. The molecule has 2 heterocycles. The van der Waals surface area contributed by atoms with Crippen molar-refractivity contribution in [1.82, 2.24) is 14.6 Å². The van der Waals surface area contributed by atoms with Gasteiger partial charge < -0.3 is 5.32 Å². The Balaban J connectivity index is 1.86. The Morgan fingerprint density at radius 1 is 1.50 bits per heavy atom. The molecule has 0 saturated heterocycles. The molecule has 5 heteroatoms. The highest BCUT2D eigenvalue weighted by molar-refractivity contribution is 9.10. The molecule has 3 rings (SSSR count). The second-order valence-electron chi connectivity index (χ2n) is 4.36. The van der Waals surface area contributed by atoms with Crippen LogP contribution in [-0.4, -0.2) is 20.6 Å². The summed E-state index contributed by atoms with van der Waals surface area (Å²) in [4.78, 5) is 4.42. The number of hydrogen-bond acceptors (Lipinski definition) is 3. The topological polar surface area (TPSA) is 42.2 Å². The molecule has 2 aromatic rings. The molecular formula is C11H13BrN4. The molecule has 1 aliphatic carbocycles. The van der Waals surface area contributed by atoms with E-state index in [1.165, 1.54) is 12.8 Å². The Hall–Kier alpha value is -1.10. The second kappa shape index (κ2) is 3.73. The van der Waals surface area contributed by atoms with Gasteiger partial charge in [-0.3, -0.25) is 0 Å². The van der Waals surface area contributed by atoms with E-state index in [-0.39, 0.29) is 0 Å². The van der Waals surface area contributed by atoms with Gasteiger partial charge >= 0.3 is 0 Å². The standard InChI is InChI=1S/C11H13BrN4/c1-7(8-2-3-8)13-11-14-10-5-4-9(12)6-16(10)15-11/h4-8H,2-3H2,1H3,(H,13,15). The Bertz CT molecular complexity index is 518. The van der Waals surface area contributed by atoms with E-state index in [2.05, 4.69) is 38.3 Å². The lowest BCUT2D eigenvalue weighted by molar-refractivity contribution is 0.686. The van der Waals surface area contributed by atoms with Crippen LogP contribution in [0.1, 0.15) is 19.8 Å². The molecule has 1 atom stereocenters. The van der Waals surface area contributed by atoms with E-state index >= 15 is 0 Å². The van der Waals surface area contributed by atoms with Crippen LogP contribution in [0, 0.1) is 5.92 Å². The predicted molar refractivity (Wildman–Crippen MR) is 66.5 cm³/mol. The molecule has 1 unspecified atom stereocenters. The normalized spacial score (nSPS) is 17.6. The Morgan fingerprint density at radius 3 is 3.06 bits per heavy atom. The first-order valence-corrected chi connectivity index (χ1v) is 6.30. The predicted octanol–water partition coefficient (Wildman–Crippen LogP) is 2.70. The molecule has 0 aliphatic heterocycles. The summed E-state index contributed by atoms with van der Waals surface area (Å²) < 4.78 is 2.79. The highest BCUT2D eigenvalue weighted by Crippen LogP contribution is 2.33. The fourth-order valence-corrected chi connectivity index (χ4v) is 2.16. The molecule has 1 N–H and O–H groups in total. The smallest absolute Gasteiger partial charge is 0.243 e. The summed E-state index contributed by atoms with van der Waals surface area (Å²) in [6, 6.07) is 4.39. The molecule has 84 valence electrons. The monoisotopic (exact) mass is 280 g/mol. The first kappa shape index (κ1) is 10.1. The third-order valence-electron chi connectivity index (χ3n) is 2.98. The number of hydrogen-bond donors (Lipinski definition) is 1. The van der Waals surface area contributed by atoms with Crippen molar-refractivity contribution in [2.24, 2.45) is 5.92 Å². The Kier molecular flexibility index (Phi) is 2.35. The lowest BCUT2D eigenvalue weighted by atomic mass is 10.2.